The number of tetrazole rings is 1. The summed E-state index contributed by atoms with van der Waals surface area (Å²) in [5.41, 5.74) is 2.43. The molecule has 4 aromatic rings. The molecule has 34 heavy (non-hydrogen) atoms. The van der Waals surface area contributed by atoms with Crippen LogP contribution in [0.1, 0.15) is 36.7 Å². The van der Waals surface area contributed by atoms with Crippen LogP contribution < -0.4 is 0 Å². The molecule has 5 heterocycles. The Morgan fingerprint density at radius 3 is 2.82 bits per heavy atom. The Morgan fingerprint density at radius 1 is 1.18 bits per heavy atom. The number of hydrogen-bond acceptors (Lipinski definition) is 6. The smallest absolute Gasteiger partial charge is 0.247 e. The van der Waals surface area contributed by atoms with Crippen LogP contribution in [0.3, 0.4) is 0 Å². The molecule has 2 aliphatic rings. The first-order valence-electron chi connectivity index (χ1n) is 10.5. The number of H-pyrrole nitrogens is 2. The molecule has 1 fully saturated rings. The molecule has 2 N–H and O–H groups in total. The number of carbonyl (C=O) groups excluding carboxylic acids is 1. The molecule has 2 atom stereocenters. The predicted octanol–water partition coefficient (Wildman–Crippen LogP) is 3.74. The number of nitrogens with zero attached hydrogens (tertiary/aromatic N) is 7. The summed E-state index contributed by atoms with van der Waals surface area (Å²) in [6.45, 7) is 0. The van der Waals surface area contributed by atoms with Crippen molar-refractivity contribution in [1.82, 2.24) is 45.3 Å². The number of imidazole rings is 1. The standard InChI is InChI=1S/C21H16Cl2FN9O/c22-12-2-4-15(32-9-27-30-31-32)18(19(12)24)10-5-11-1-3-16(33(11)17(34)6-10)21-25-8-14(28-21)20-13(23)7-26-29-20/h2,4,6-9,11,16H,1,3,5H2,(H,25,28)(H,26,29)/t11-,16?/m1/s1. The first kappa shape index (κ1) is 21.0. The molecule has 3 aromatic heterocycles. The van der Waals surface area contributed by atoms with Crippen molar-refractivity contribution in [3.8, 4) is 17.1 Å². The lowest BCUT2D eigenvalue weighted by Crippen LogP contribution is -2.39. The fourth-order valence-corrected chi connectivity index (χ4v) is 5.15. The first-order chi connectivity index (χ1) is 16.5. The molecule has 0 bridgehead atoms. The number of benzene rings is 1. The van der Waals surface area contributed by atoms with Crippen molar-refractivity contribution in [2.75, 3.05) is 0 Å². The van der Waals surface area contributed by atoms with E-state index in [0.29, 0.717) is 39.9 Å². The molecule has 10 nitrogen and oxygen atoms in total. The second-order valence-electron chi connectivity index (χ2n) is 8.14. The Hall–Kier alpha value is -3.57. The van der Waals surface area contributed by atoms with Gasteiger partial charge < -0.3 is 9.88 Å². The van der Waals surface area contributed by atoms with Gasteiger partial charge in [0.15, 0.2) is 5.82 Å². The van der Waals surface area contributed by atoms with E-state index in [1.807, 2.05) is 0 Å². The molecule has 1 unspecified atom stereocenters. The van der Waals surface area contributed by atoms with Gasteiger partial charge in [0.05, 0.1) is 33.7 Å². The molecular formula is C21H16Cl2FN9O. The maximum Gasteiger partial charge on any atom is 0.247 e. The van der Waals surface area contributed by atoms with Crippen LogP contribution in [0, 0.1) is 5.82 Å². The third kappa shape index (κ3) is 3.31. The quantitative estimate of drug-likeness (QED) is 0.441. The Balaban J connectivity index is 1.34. The van der Waals surface area contributed by atoms with Crippen LogP contribution in [0.5, 0.6) is 0 Å². The van der Waals surface area contributed by atoms with E-state index in [-0.39, 0.29) is 28.6 Å². The summed E-state index contributed by atoms with van der Waals surface area (Å²) in [7, 11) is 0. The lowest BCUT2D eigenvalue weighted by Gasteiger charge is -2.33. The van der Waals surface area contributed by atoms with Gasteiger partial charge in [-0.05, 0) is 47.4 Å². The molecule has 13 heteroatoms. The van der Waals surface area contributed by atoms with E-state index in [1.54, 1.807) is 23.4 Å². The maximum atomic E-state index is 15.2. The summed E-state index contributed by atoms with van der Waals surface area (Å²) >= 11 is 12.2. The third-order valence-electron chi connectivity index (χ3n) is 6.26. The number of nitrogens with one attached hydrogen (secondary N) is 2. The number of rotatable bonds is 4. The van der Waals surface area contributed by atoms with Crippen LogP contribution >= 0.6 is 23.2 Å². The van der Waals surface area contributed by atoms with Crippen molar-refractivity contribution in [2.45, 2.75) is 31.3 Å². The van der Waals surface area contributed by atoms with Gasteiger partial charge in [-0.2, -0.15) is 9.78 Å². The van der Waals surface area contributed by atoms with Gasteiger partial charge in [-0.1, -0.05) is 23.2 Å². The summed E-state index contributed by atoms with van der Waals surface area (Å²) in [5, 5.41) is 18.4. The number of aromatic nitrogens is 8. The highest BCUT2D eigenvalue weighted by molar-refractivity contribution is 6.32. The van der Waals surface area contributed by atoms with Gasteiger partial charge in [0.1, 0.15) is 17.8 Å². The van der Waals surface area contributed by atoms with E-state index >= 15 is 4.39 Å². The second-order valence-corrected chi connectivity index (χ2v) is 8.95. The lowest BCUT2D eigenvalue weighted by atomic mass is 9.92. The van der Waals surface area contributed by atoms with Gasteiger partial charge in [0.25, 0.3) is 0 Å². The minimum atomic E-state index is -0.608. The van der Waals surface area contributed by atoms with E-state index in [4.69, 9.17) is 23.2 Å². The zero-order chi connectivity index (χ0) is 23.4. The molecule has 0 radical (unpaired) electrons. The van der Waals surface area contributed by atoms with E-state index < -0.39 is 5.82 Å². The highest BCUT2D eigenvalue weighted by atomic mass is 35.5. The molecule has 0 spiro atoms. The number of halogens is 3. The van der Waals surface area contributed by atoms with Gasteiger partial charge in [-0.15, -0.1) is 5.10 Å². The van der Waals surface area contributed by atoms with Gasteiger partial charge in [-0.25, -0.2) is 9.37 Å². The molecule has 172 valence electrons. The van der Waals surface area contributed by atoms with Crippen molar-refractivity contribution >= 4 is 34.7 Å². The van der Waals surface area contributed by atoms with Gasteiger partial charge in [-0.3, -0.25) is 9.89 Å². The average Bonchev–Trinajstić information content (AvgIpc) is 3.61. The van der Waals surface area contributed by atoms with E-state index in [9.17, 15) is 4.79 Å². The maximum absolute atomic E-state index is 15.2. The first-order valence-corrected chi connectivity index (χ1v) is 11.3. The average molecular weight is 500 g/mol. The zero-order valence-corrected chi connectivity index (χ0v) is 18.9. The Morgan fingerprint density at radius 2 is 2.06 bits per heavy atom. The van der Waals surface area contributed by atoms with Crippen LogP contribution in [0.2, 0.25) is 10.0 Å². The summed E-state index contributed by atoms with van der Waals surface area (Å²) in [6.07, 6.45) is 8.00. The predicted molar refractivity (Wildman–Crippen MR) is 121 cm³/mol. The number of aromatic amines is 2. The largest absolute Gasteiger partial charge is 0.339 e. The molecule has 1 amide bonds. The normalized spacial score (nSPS) is 20.0. The van der Waals surface area contributed by atoms with Crippen molar-refractivity contribution < 1.29 is 9.18 Å². The molecule has 0 saturated carbocycles. The van der Waals surface area contributed by atoms with Crippen molar-refractivity contribution in [2.24, 2.45) is 0 Å². The van der Waals surface area contributed by atoms with Crippen LogP contribution in [0.25, 0.3) is 22.6 Å². The van der Waals surface area contributed by atoms with E-state index in [2.05, 4.69) is 35.7 Å². The minimum absolute atomic E-state index is 0.0351. The minimum Gasteiger partial charge on any atom is -0.339 e. The monoisotopic (exact) mass is 499 g/mol. The molecular weight excluding hydrogens is 484 g/mol. The van der Waals surface area contributed by atoms with Crippen LogP contribution in [0.4, 0.5) is 4.39 Å². The SMILES string of the molecule is O=C1C=C(c2c(-n3cnnn3)ccc(Cl)c2F)C[C@H]2CCC(c3ncc(-c4n[nH]cc4Cl)[nH]3)N12. The van der Waals surface area contributed by atoms with Gasteiger partial charge >= 0.3 is 0 Å². The highest BCUT2D eigenvalue weighted by Crippen LogP contribution is 2.44. The van der Waals surface area contributed by atoms with Crippen LogP contribution in [0.15, 0.2) is 36.9 Å². The molecule has 0 aliphatic carbocycles. The van der Waals surface area contributed by atoms with Gasteiger partial charge in [0, 0.05) is 23.9 Å². The summed E-state index contributed by atoms with van der Waals surface area (Å²) in [6, 6.07) is 2.74. The molecule has 2 aliphatic heterocycles. The van der Waals surface area contributed by atoms with Crippen LogP contribution in [-0.2, 0) is 4.79 Å². The summed E-state index contributed by atoms with van der Waals surface area (Å²) in [5.74, 6) is -0.167. The summed E-state index contributed by atoms with van der Waals surface area (Å²) in [4.78, 5) is 22.8. The van der Waals surface area contributed by atoms with Crippen molar-refractivity contribution in [3.05, 3.63) is 64.2 Å². The fraction of sp³-hybridized carbons (Fsp3) is 0.238. The Bertz CT molecular complexity index is 1430. The summed E-state index contributed by atoms with van der Waals surface area (Å²) < 4.78 is 16.6. The molecule has 6 rings (SSSR count). The van der Waals surface area contributed by atoms with Crippen LogP contribution in [-0.4, -0.2) is 57.2 Å². The second kappa shape index (κ2) is 8.03. The van der Waals surface area contributed by atoms with E-state index in [0.717, 1.165) is 12.8 Å². The molecule has 1 saturated heterocycles. The third-order valence-corrected chi connectivity index (χ3v) is 6.84. The Labute approximate surface area is 201 Å². The lowest BCUT2D eigenvalue weighted by molar-refractivity contribution is -0.129. The number of amides is 1. The fourth-order valence-electron chi connectivity index (χ4n) is 4.79. The topological polar surface area (TPSA) is 121 Å². The zero-order valence-electron chi connectivity index (χ0n) is 17.4. The number of carbonyl (C=O) groups is 1. The van der Waals surface area contributed by atoms with Crippen molar-refractivity contribution in [1.29, 1.82) is 0 Å². The van der Waals surface area contributed by atoms with Crippen molar-refractivity contribution in [3.63, 3.8) is 0 Å². The molecule has 1 aromatic carbocycles. The van der Waals surface area contributed by atoms with Gasteiger partial charge in [0.2, 0.25) is 5.91 Å². The highest BCUT2D eigenvalue weighted by Gasteiger charge is 2.42. The number of fused-ring (bicyclic) bond motifs is 1. The Kier molecular flexibility index (Phi) is 4.96. The number of hydrogen-bond donors (Lipinski definition) is 2. The van der Waals surface area contributed by atoms with E-state index in [1.165, 1.54) is 23.2 Å².